The summed E-state index contributed by atoms with van der Waals surface area (Å²) in [7, 11) is -1.24. The Morgan fingerprint density at radius 1 is 1.18 bits per heavy atom. The van der Waals surface area contributed by atoms with E-state index in [0.717, 1.165) is 0 Å². The summed E-state index contributed by atoms with van der Waals surface area (Å²) in [5.74, 6) is -0.874. The van der Waals surface area contributed by atoms with Gasteiger partial charge in [-0.3, -0.25) is 13.8 Å². The number of carboxylic acid groups (broad SMARTS) is 1. The van der Waals surface area contributed by atoms with E-state index in [1.165, 1.54) is 0 Å². The summed E-state index contributed by atoms with van der Waals surface area (Å²) < 4.78 is 12.0. The van der Waals surface area contributed by atoms with Gasteiger partial charge in [-0.05, 0) is 25.0 Å². The molecule has 0 saturated carbocycles. The summed E-state index contributed by atoms with van der Waals surface area (Å²) in [5, 5.41) is 12.1. The fourth-order valence-corrected chi connectivity index (χ4v) is 3.18. The number of carbonyl (C=O) groups excluding carboxylic acids is 1. The molecule has 0 spiro atoms. The molecule has 1 atom stereocenters. The molecule has 0 aliphatic heterocycles. The van der Waals surface area contributed by atoms with Gasteiger partial charge in [-0.15, -0.1) is 0 Å². The second-order valence-electron chi connectivity index (χ2n) is 5.11. The number of nitrogens with one attached hydrogen (secondary N) is 1. The Labute approximate surface area is 133 Å². The lowest BCUT2D eigenvalue weighted by Crippen LogP contribution is -2.42. The van der Waals surface area contributed by atoms with Crippen molar-refractivity contribution in [3.05, 3.63) is 29.8 Å². The Kier molecular flexibility index (Phi) is 6.74. The Morgan fingerprint density at radius 3 is 2.27 bits per heavy atom. The molecule has 0 saturated heterocycles. The number of rotatable bonds is 8. The SMILES string of the molecule is CCS(=O)c1ccccc1C(=O)NCC(CC)(CC)C(=O)O. The van der Waals surface area contributed by atoms with Gasteiger partial charge in [0.05, 0.1) is 26.7 Å². The second kappa shape index (κ2) is 8.08. The van der Waals surface area contributed by atoms with Gasteiger partial charge < -0.3 is 10.4 Å². The average Bonchev–Trinajstić information content (AvgIpc) is 2.55. The number of carbonyl (C=O) groups is 2. The molecule has 1 aromatic carbocycles. The number of aliphatic carboxylic acids is 1. The van der Waals surface area contributed by atoms with E-state index in [9.17, 15) is 18.9 Å². The summed E-state index contributed by atoms with van der Waals surface area (Å²) in [4.78, 5) is 24.3. The van der Waals surface area contributed by atoms with E-state index in [4.69, 9.17) is 0 Å². The van der Waals surface area contributed by atoms with Crippen LogP contribution in [-0.2, 0) is 15.6 Å². The maximum atomic E-state index is 12.3. The van der Waals surface area contributed by atoms with Crippen molar-refractivity contribution >= 4 is 22.7 Å². The Balaban J connectivity index is 2.95. The van der Waals surface area contributed by atoms with E-state index < -0.39 is 22.2 Å². The van der Waals surface area contributed by atoms with Crippen LogP contribution in [0.5, 0.6) is 0 Å². The maximum absolute atomic E-state index is 12.3. The molecule has 0 aliphatic carbocycles. The van der Waals surface area contributed by atoms with Crippen LogP contribution < -0.4 is 5.32 Å². The van der Waals surface area contributed by atoms with Crippen molar-refractivity contribution in [2.75, 3.05) is 12.3 Å². The normalized spacial score (nSPS) is 12.7. The van der Waals surface area contributed by atoms with E-state index in [1.807, 2.05) is 0 Å². The van der Waals surface area contributed by atoms with Crippen LogP contribution in [0, 0.1) is 5.41 Å². The first-order chi connectivity index (χ1) is 10.4. The van der Waals surface area contributed by atoms with E-state index in [-0.39, 0.29) is 12.5 Å². The molecular formula is C16H23NO4S. The van der Waals surface area contributed by atoms with Crippen LogP contribution in [0.2, 0.25) is 0 Å². The van der Waals surface area contributed by atoms with Crippen molar-refractivity contribution in [3.8, 4) is 0 Å². The summed E-state index contributed by atoms with van der Waals surface area (Å²) >= 11 is 0. The van der Waals surface area contributed by atoms with Gasteiger partial charge in [-0.2, -0.15) is 0 Å². The lowest BCUT2D eigenvalue weighted by atomic mass is 9.82. The number of hydrogen-bond donors (Lipinski definition) is 2. The highest BCUT2D eigenvalue weighted by atomic mass is 32.2. The lowest BCUT2D eigenvalue weighted by molar-refractivity contribution is -0.149. The highest BCUT2D eigenvalue weighted by Crippen LogP contribution is 2.26. The molecule has 0 fully saturated rings. The van der Waals surface area contributed by atoms with Gasteiger partial charge in [0, 0.05) is 12.3 Å². The topological polar surface area (TPSA) is 83.5 Å². The van der Waals surface area contributed by atoms with Crippen molar-refractivity contribution < 1.29 is 18.9 Å². The van der Waals surface area contributed by atoms with Crippen molar-refractivity contribution in [3.63, 3.8) is 0 Å². The van der Waals surface area contributed by atoms with Crippen molar-refractivity contribution in [2.45, 2.75) is 38.5 Å². The number of carboxylic acids is 1. The molecule has 1 aromatic rings. The van der Waals surface area contributed by atoms with Gasteiger partial charge in [0.2, 0.25) is 0 Å². The molecular weight excluding hydrogens is 302 g/mol. The fourth-order valence-electron chi connectivity index (χ4n) is 2.23. The smallest absolute Gasteiger partial charge is 0.311 e. The maximum Gasteiger partial charge on any atom is 0.311 e. The Hall–Kier alpha value is -1.69. The average molecular weight is 325 g/mol. The quantitative estimate of drug-likeness (QED) is 0.769. The third kappa shape index (κ3) is 3.94. The molecule has 2 N–H and O–H groups in total. The van der Waals surface area contributed by atoms with Gasteiger partial charge in [0.25, 0.3) is 5.91 Å². The predicted molar refractivity (Wildman–Crippen MR) is 86.4 cm³/mol. The highest BCUT2D eigenvalue weighted by molar-refractivity contribution is 7.85. The molecule has 0 radical (unpaired) electrons. The first-order valence-electron chi connectivity index (χ1n) is 7.40. The number of hydrogen-bond acceptors (Lipinski definition) is 3. The minimum atomic E-state index is -1.24. The zero-order chi connectivity index (χ0) is 16.8. The second-order valence-corrected chi connectivity index (χ2v) is 6.81. The van der Waals surface area contributed by atoms with Gasteiger partial charge in [-0.1, -0.05) is 32.9 Å². The number of amides is 1. The number of benzene rings is 1. The summed E-state index contributed by atoms with van der Waals surface area (Å²) in [6.07, 6.45) is 0.864. The minimum Gasteiger partial charge on any atom is -0.481 e. The molecule has 6 heteroatoms. The van der Waals surface area contributed by atoms with Crippen molar-refractivity contribution in [2.24, 2.45) is 5.41 Å². The summed E-state index contributed by atoms with van der Waals surface area (Å²) in [6, 6.07) is 6.71. The van der Waals surface area contributed by atoms with Crippen molar-refractivity contribution in [1.29, 1.82) is 0 Å². The summed E-state index contributed by atoms with van der Waals surface area (Å²) in [5.41, 5.74) is -0.622. The molecule has 1 amide bonds. The largest absolute Gasteiger partial charge is 0.481 e. The van der Waals surface area contributed by atoms with Gasteiger partial charge in [-0.25, -0.2) is 0 Å². The van der Waals surface area contributed by atoms with E-state index in [1.54, 1.807) is 45.0 Å². The van der Waals surface area contributed by atoms with Crippen LogP contribution >= 0.6 is 0 Å². The van der Waals surface area contributed by atoms with Crippen LogP contribution in [0.1, 0.15) is 44.0 Å². The molecule has 0 heterocycles. The van der Waals surface area contributed by atoms with Crippen LogP contribution in [0.4, 0.5) is 0 Å². The molecule has 122 valence electrons. The standard InChI is InChI=1S/C16H23NO4S/c1-4-16(5-2,15(19)20)11-17-14(18)12-9-7-8-10-13(12)22(21)6-3/h7-10H,4-6,11H2,1-3H3,(H,17,18)(H,19,20). The lowest BCUT2D eigenvalue weighted by Gasteiger charge is -2.27. The summed E-state index contributed by atoms with van der Waals surface area (Å²) in [6.45, 7) is 5.43. The molecule has 0 aliphatic rings. The van der Waals surface area contributed by atoms with Crippen molar-refractivity contribution in [1.82, 2.24) is 5.32 Å². The van der Waals surface area contributed by atoms with Crippen LogP contribution in [0.15, 0.2) is 29.2 Å². The van der Waals surface area contributed by atoms with E-state index in [0.29, 0.717) is 29.1 Å². The third-order valence-corrected chi connectivity index (χ3v) is 5.40. The first-order valence-corrected chi connectivity index (χ1v) is 8.72. The van der Waals surface area contributed by atoms with Crippen LogP contribution in [0.25, 0.3) is 0 Å². The Morgan fingerprint density at radius 2 is 1.77 bits per heavy atom. The highest BCUT2D eigenvalue weighted by Gasteiger charge is 2.35. The molecule has 1 rings (SSSR count). The van der Waals surface area contributed by atoms with Crippen LogP contribution in [-0.4, -0.2) is 33.5 Å². The zero-order valence-electron chi connectivity index (χ0n) is 13.2. The van der Waals surface area contributed by atoms with Gasteiger partial charge in [0.1, 0.15) is 0 Å². The van der Waals surface area contributed by atoms with Gasteiger partial charge >= 0.3 is 5.97 Å². The Bertz CT molecular complexity index is 567. The van der Waals surface area contributed by atoms with Crippen LogP contribution in [0.3, 0.4) is 0 Å². The van der Waals surface area contributed by atoms with E-state index in [2.05, 4.69) is 5.32 Å². The molecule has 1 unspecified atom stereocenters. The molecule has 5 nitrogen and oxygen atoms in total. The molecule has 0 bridgehead atoms. The first kappa shape index (κ1) is 18.4. The zero-order valence-corrected chi connectivity index (χ0v) is 14.0. The van der Waals surface area contributed by atoms with E-state index >= 15 is 0 Å². The molecule has 22 heavy (non-hydrogen) atoms. The minimum absolute atomic E-state index is 0.0568. The molecule has 0 aromatic heterocycles. The van der Waals surface area contributed by atoms with Gasteiger partial charge in [0.15, 0.2) is 0 Å². The fraction of sp³-hybridized carbons (Fsp3) is 0.500. The predicted octanol–water partition coefficient (Wildman–Crippen LogP) is 2.43. The third-order valence-electron chi connectivity index (χ3n) is 4.03. The monoisotopic (exact) mass is 325 g/mol.